The van der Waals surface area contributed by atoms with Gasteiger partial charge in [-0.25, -0.2) is 9.37 Å². The van der Waals surface area contributed by atoms with Gasteiger partial charge in [-0.2, -0.15) is 0 Å². The van der Waals surface area contributed by atoms with Crippen LogP contribution < -0.4 is 11.1 Å². The SMILES string of the molecule is Cc1cc(F)cc(NC(=O)c2csc(C(C)N)n2)c1. The Morgan fingerprint density at radius 2 is 2.21 bits per heavy atom. The van der Waals surface area contributed by atoms with Crippen LogP contribution in [0.5, 0.6) is 0 Å². The normalized spacial score (nSPS) is 12.2. The molecule has 0 aliphatic heterocycles. The van der Waals surface area contributed by atoms with Crippen molar-refractivity contribution in [2.24, 2.45) is 5.73 Å². The van der Waals surface area contributed by atoms with E-state index >= 15 is 0 Å². The van der Waals surface area contributed by atoms with E-state index in [2.05, 4.69) is 10.3 Å². The van der Waals surface area contributed by atoms with Gasteiger partial charge in [-0.1, -0.05) is 0 Å². The van der Waals surface area contributed by atoms with Crippen LogP contribution in [0.15, 0.2) is 23.6 Å². The predicted molar refractivity (Wildman–Crippen MR) is 73.8 cm³/mol. The monoisotopic (exact) mass is 279 g/mol. The highest BCUT2D eigenvalue weighted by Crippen LogP contribution is 2.18. The lowest BCUT2D eigenvalue weighted by atomic mass is 10.2. The van der Waals surface area contributed by atoms with Crippen LogP contribution in [-0.4, -0.2) is 10.9 Å². The minimum absolute atomic E-state index is 0.206. The van der Waals surface area contributed by atoms with Gasteiger partial charge in [0.1, 0.15) is 16.5 Å². The van der Waals surface area contributed by atoms with Crippen LogP contribution in [0.4, 0.5) is 10.1 Å². The van der Waals surface area contributed by atoms with Crippen LogP contribution in [0.3, 0.4) is 0 Å². The number of nitrogens with one attached hydrogen (secondary N) is 1. The zero-order valence-electron chi connectivity index (χ0n) is 10.6. The zero-order valence-corrected chi connectivity index (χ0v) is 11.4. The second kappa shape index (κ2) is 5.46. The first kappa shape index (κ1) is 13.6. The number of nitrogens with two attached hydrogens (primary N) is 1. The van der Waals surface area contributed by atoms with Crippen LogP contribution >= 0.6 is 11.3 Å². The molecule has 2 rings (SSSR count). The van der Waals surface area contributed by atoms with Gasteiger partial charge in [-0.05, 0) is 37.6 Å². The first-order valence-electron chi connectivity index (χ1n) is 5.75. The van der Waals surface area contributed by atoms with Gasteiger partial charge >= 0.3 is 0 Å². The number of carbonyl (C=O) groups excluding carboxylic acids is 1. The van der Waals surface area contributed by atoms with Gasteiger partial charge < -0.3 is 11.1 Å². The average molecular weight is 279 g/mol. The molecule has 0 bridgehead atoms. The molecule has 0 aliphatic carbocycles. The van der Waals surface area contributed by atoms with E-state index in [9.17, 15) is 9.18 Å². The summed E-state index contributed by atoms with van der Waals surface area (Å²) in [5.41, 5.74) is 7.13. The van der Waals surface area contributed by atoms with Gasteiger partial charge in [0, 0.05) is 11.1 Å². The molecule has 0 radical (unpaired) electrons. The summed E-state index contributed by atoms with van der Waals surface area (Å²) in [5, 5.41) is 4.95. The van der Waals surface area contributed by atoms with E-state index in [-0.39, 0.29) is 17.8 Å². The smallest absolute Gasteiger partial charge is 0.275 e. The van der Waals surface area contributed by atoms with Crippen LogP contribution in [0.2, 0.25) is 0 Å². The van der Waals surface area contributed by atoms with E-state index in [4.69, 9.17) is 5.73 Å². The Hall–Kier alpha value is -1.79. The molecule has 1 heterocycles. The summed E-state index contributed by atoms with van der Waals surface area (Å²) in [4.78, 5) is 16.1. The summed E-state index contributed by atoms with van der Waals surface area (Å²) in [6, 6.07) is 4.15. The fourth-order valence-electron chi connectivity index (χ4n) is 1.60. The van der Waals surface area contributed by atoms with E-state index < -0.39 is 0 Å². The maximum atomic E-state index is 13.2. The number of rotatable bonds is 3. The minimum atomic E-state index is -0.384. The van der Waals surface area contributed by atoms with Crippen molar-refractivity contribution in [3.63, 3.8) is 0 Å². The number of anilines is 1. The fourth-order valence-corrected chi connectivity index (χ4v) is 2.36. The molecule has 3 N–H and O–H groups in total. The van der Waals surface area contributed by atoms with E-state index in [1.54, 1.807) is 25.3 Å². The molecule has 6 heteroatoms. The maximum absolute atomic E-state index is 13.2. The Morgan fingerprint density at radius 1 is 1.47 bits per heavy atom. The summed E-state index contributed by atoms with van der Waals surface area (Å²) in [6.07, 6.45) is 0. The summed E-state index contributed by atoms with van der Waals surface area (Å²) < 4.78 is 13.2. The quantitative estimate of drug-likeness (QED) is 0.907. The van der Waals surface area contributed by atoms with Gasteiger partial charge in [-0.3, -0.25) is 4.79 Å². The molecule has 0 fully saturated rings. The number of nitrogens with zero attached hydrogens (tertiary/aromatic N) is 1. The molecule has 0 saturated carbocycles. The summed E-state index contributed by atoms with van der Waals surface area (Å²) in [7, 11) is 0. The molecule has 0 saturated heterocycles. The second-order valence-electron chi connectivity index (χ2n) is 4.33. The Balaban J connectivity index is 2.15. The van der Waals surface area contributed by atoms with Gasteiger partial charge in [0.2, 0.25) is 0 Å². The third-order valence-electron chi connectivity index (χ3n) is 2.44. The van der Waals surface area contributed by atoms with Gasteiger partial charge in [-0.15, -0.1) is 11.3 Å². The Bertz CT molecular complexity index is 589. The van der Waals surface area contributed by atoms with Crippen molar-refractivity contribution in [2.75, 3.05) is 5.32 Å². The number of hydrogen-bond acceptors (Lipinski definition) is 4. The standard InChI is InChI=1S/C13H14FN3OS/c1-7-3-9(14)5-10(4-7)16-12(18)11-6-19-13(17-11)8(2)15/h3-6,8H,15H2,1-2H3,(H,16,18). The Labute approximate surface area is 114 Å². The molecular formula is C13H14FN3OS. The van der Waals surface area contributed by atoms with Gasteiger partial charge in [0.15, 0.2) is 0 Å². The first-order chi connectivity index (χ1) is 8.95. The molecule has 0 aliphatic rings. The summed E-state index contributed by atoms with van der Waals surface area (Å²) in [5.74, 6) is -0.752. The van der Waals surface area contributed by atoms with Crippen LogP contribution in [0.25, 0.3) is 0 Å². The first-order valence-corrected chi connectivity index (χ1v) is 6.63. The van der Waals surface area contributed by atoms with Crippen molar-refractivity contribution in [3.8, 4) is 0 Å². The van der Waals surface area contributed by atoms with Crippen molar-refractivity contribution < 1.29 is 9.18 Å². The van der Waals surface area contributed by atoms with E-state index in [0.29, 0.717) is 16.4 Å². The highest BCUT2D eigenvalue weighted by Gasteiger charge is 2.13. The van der Waals surface area contributed by atoms with Crippen LogP contribution in [0.1, 0.15) is 34.0 Å². The lowest BCUT2D eigenvalue weighted by Gasteiger charge is -2.04. The van der Waals surface area contributed by atoms with Crippen molar-refractivity contribution in [1.82, 2.24) is 4.98 Å². The van der Waals surface area contributed by atoms with E-state index in [1.807, 2.05) is 0 Å². The number of carbonyl (C=O) groups is 1. The van der Waals surface area contributed by atoms with Crippen molar-refractivity contribution in [1.29, 1.82) is 0 Å². The number of aromatic nitrogens is 1. The number of halogens is 1. The molecule has 1 atom stereocenters. The summed E-state index contributed by atoms with van der Waals surface area (Å²) >= 11 is 1.33. The molecule has 1 unspecified atom stereocenters. The second-order valence-corrected chi connectivity index (χ2v) is 5.22. The van der Waals surface area contributed by atoms with Crippen molar-refractivity contribution >= 4 is 22.9 Å². The fraction of sp³-hybridized carbons (Fsp3) is 0.231. The average Bonchev–Trinajstić information content (AvgIpc) is 2.76. The van der Waals surface area contributed by atoms with Crippen molar-refractivity contribution in [3.05, 3.63) is 45.7 Å². The lowest BCUT2D eigenvalue weighted by molar-refractivity contribution is 0.102. The zero-order chi connectivity index (χ0) is 14.0. The topological polar surface area (TPSA) is 68.0 Å². The highest BCUT2D eigenvalue weighted by atomic mass is 32.1. The number of benzene rings is 1. The maximum Gasteiger partial charge on any atom is 0.275 e. The van der Waals surface area contributed by atoms with Crippen LogP contribution in [-0.2, 0) is 0 Å². The molecule has 100 valence electrons. The minimum Gasteiger partial charge on any atom is -0.322 e. The van der Waals surface area contributed by atoms with E-state index in [0.717, 1.165) is 5.56 Å². The molecule has 19 heavy (non-hydrogen) atoms. The Morgan fingerprint density at radius 3 is 2.79 bits per heavy atom. The number of amides is 1. The van der Waals surface area contributed by atoms with Crippen molar-refractivity contribution in [2.45, 2.75) is 19.9 Å². The third-order valence-corrected chi connectivity index (χ3v) is 3.49. The summed E-state index contributed by atoms with van der Waals surface area (Å²) in [6.45, 7) is 3.56. The third kappa shape index (κ3) is 3.36. The molecule has 1 aromatic heterocycles. The largest absolute Gasteiger partial charge is 0.322 e. The molecule has 1 aromatic carbocycles. The van der Waals surface area contributed by atoms with E-state index in [1.165, 1.54) is 23.5 Å². The van der Waals surface area contributed by atoms with Crippen LogP contribution in [0, 0.1) is 12.7 Å². The molecule has 2 aromatic rings. The van der Waals surface area contributed by atoms with Gasteiger partial charge in [0.05, 0.1) is 6.04 Å². The highest BCUT2D eigenvalue weighted by molar-refractivity contribution is 7.09. The number of aryl methyl sites for hydroxylation is 1. The molecule has 1 amide bonds. The number of hydrogen-bond donors (Lipinski definition) is 2. The lowest BCUT2D eigenvalue weighted by Crippen LogP contribution is -2.13. The predicted octanol–water partition coefficient (Wildman–Crippen LogP) is 2.86. The number of thiazole rings is 1. The molecule has 4 nitrogen and oxygen atoms in total. The van der Waals surface area contributed by atoms with Gasteiger partial charge in [0.25, 0.3) is 5.91 Å². The Kier molecular flexibility index (Phi) is 3.92. The molecular weight excluding hydrogens is 265 g/mol. The molecule has 0 spiro atoms.